The summed E-state index contributed by atoms with van der Waals surface area (Å²) in [6, 6.07) is 20.7. The van der Waals surface area contributed by atoms with Crippen molar-refractivity contribution in [2.75, 3.05) is 0 Å². The lowest BCUT2D eigenvalue weighted by atomic mass is 10.0. The van der Waals surface area contributed by atoms with Crippen molar-refractivity contribution in [3.63, 3.8) is 0 Å². The zero-order chi connectivity index (χ0) is 21.3. The van der Waals surface area contributed by atoms with Crippen LogP contribution >= 0.6 is 0 Å². The second kappa shape index (κ2) is 8.15. The lowest BCUT2D eigenvalue weighted by Crippen LogP contribution is -2.04. The molecule has 0 unspecified atom stereocenters. The molecule has 3 aromatic carbocycles. The fraction of sp³-hybridized carbons (Fsp3) is 0.192. The number of hydrogen-bond donors (Lipinski definition) is 0. The van der Waals surface area contributed by atoms with Crippen LogP contribution in [-0.2, 0) is 6.61 Å². The smallest absolute Gasteiger partial charge is 0.152 e. The predicted octanol–water partition coefficient (Wildman–Crippen LogP) is 6.59. The molecule has 0 saturated carbocycles. The first-order chi connectivity index (χ1) is 14.5. The van der Waals surface area contributed by atoms with Gasteiger partial charge in [0.2, 0.25) is 0 Å². The first-order valence-corrected chi connectivity index (χ1v) is 10.1. The van der Waals surface area contributed by atoms with Crippen molar-refractivity contribution in [2.24, 2.45) is 0 Å². The number of aldehydes is 1. The zero-order valence-corrected chi connectivity index (χ0v) is 17.4. The van der Waals surface area contributed by atoms with Crippen LogP contribution in [0.3, 0.4) is 0 Å². The number of aryl methyl sites for hydroxylation is 1. The SMILES string of the molecule is Cc1cc(-n2c(C(C)C)c(C=O)c3c(OCc4ccccc4)cccc32)ccc1F. The summed E-state index contributed by atoms with van der Waals surface area (Å²) in [5, 5.41) is 0.786. The second-order valence-corrected chi connectivity index (χ2v) is 7.76. The Labute approximate surface area is 175 Å². The Kier molecular flexibility index (Phi) is 5.40. The summed E-state index contributed by atoms with van der Waals surface area (Å²) >= 11 is 0. The van der Waals surface area contributed by atoms with Gasteiger partial charge in [-0.3, -0.25) is 4.79 Å². The summed E-state index contributed by atoms with van der Waals surface area (Å²) in [4.78, 5) is 12.2. The van der Waals surface area contributed by atoms with Crippen LogP contribution in [0.5, 0.6) is 5.75 Å². The minimum atomic E-state index is -0.246. The lowest BCUT2D eigenvalue weighted by Gasteiger charge is -2.15. The monoisotopic (exact) mass is 401 g/mol. The number of aromatic nitrogens is 1. The number of benzene rings is 3. The maximum Gasteiger partial charge on any atom is 0.152 e. The van der Waals surface area contributed by atoms with E-state index < -0.39 is 0 Å². The minimum absolute atomic E-state index is 0.0879. The fourth-order valence-electron chi connectivity index (χ4n) is 3.95. The number of hydrogen-bond acceptors (Lipinski definition) is 2. The van der Waals surface area contributed by atoms with E-state index in [4.69, 9.17) is 4.74 Å². The Hall–Kier alpha value is -3.40. The number of rotatable bonds is 6. The van der Waals surface area contributed by atoms with Gasteiger partial charge in [0.25, 0.3) is 0 Å². The lowest BCUT2D eigenvalue weighted by molar-refractivity contribution is 0.112. The van der Waals surface area contributed by atoms with Gasteiger partial charge in [-0.1, -0.05) is 50.2 Å². The molecule has 0 atom stereocenters. The van der Waals surface area contributed by atoms with Crippen LogP contribution in [0.15, 0.2) is 66.7 Å². The van der Waals surface area contributed by atoms with Crippen molar-refractivity contribution >= 4 is 17.2 Å². The van der Waals surface area contributed by atoms with Gasteiger partial charge in [-0.25, -0.2) is 4.39 Å². The minimum Gasteiger partial charge on any atom is -0.488 e. The molecular weight excluding hydrogens is 377 g/mol. The topological polar surface area (TPSA) is 31.2 Å². The third kappa shape index (κ3) is 3.50. The Morgan fingerprint density at radius 2 is 1.80 bits per heavy atom. The molecule has 0 bridgehead atoms. The molecule has 0 saturated heterocycles. The summed E-state index contributed by atoms with van der Waals surface area (Å²) in [5.74, 6) is 0.506. The number of carbonyl (C=O) groups is 1. The average molecular weight is 401 g/mol. The van der Waals surface area contributed by atoms with Crippen molar-refractivity contribution < 1.29 is 13.9 Å². The Balaban J connectivity index is 1.92. The Morgan fingerprint density at radius 3 is 2.47 bits per heavy atom. The number of nitrogens with zero attached hydrogens (tertiary/aromatic N) is 1. The average Bonchev–Trinajstić information content (AvgIpc) is 3.10. The first-order valence-electron chi connectivity index (χ1n) is 10.1. The van der Waals surface area contributed by atoms with Crippen LogP contribution in [0.4, 0.5) is 4.39 Å². The van der Waals surface area contributed by atoms with Gasteiger partial charge in [0.15, 0.2) is 6.29 Å². The molecule has 3 nitrogen and oxygen atoms in total. The quantitative estimate of drug-likeness (QED) is 0.341. The van der Waals surface area contributed by atoms with Crippen molar-refractivity contribution in [3.05, 3.63) is 94.9 Å². The summed E-state index contributed by atoms with van der Waals surface area (Å²) in [6.07, 6.45) is 0.903. The summed E-state index contributed by atoms with van der Waals surface area (Å²) in [7, 11) is 0. The molecule has 0 fully saturated rings. The molecular formula is C26H24FNO2. The van der Waals surface area contributed by atoms with Crippen molar-refractivity contribution in [1.29, 1.82) is 0 Å². The molecule has 1 aromatic heterocycles. The van der Waals surface area contributed by atoms with Crippen LogP contribution in [0.25, 0.3) is 16.6 Å². The van der Waals surface area contributed by atoms with Gasteiger partial charge in [0, 0.05) is 16.9 Å². The standard InChI is InChI=1S/C26H24FNO2/c1-17(2)26-21(15-29)25-23(28(26)20-12-13-22(27)18(3)14-20)10-7-11-24(25)30-16-19-8-5-4-6-9-19/h4-15,17H,16H2,1-3H3. The van der Waals surface area contributed by atoms with Gasteiger partial charge < -0.3 is 9.30 Å². The fourth-order valence-corrected chi connectivity index (χ4v) is 3.95. The molecule has 0 radical (unpaired) electrons. The van der Waals surface area contributed by atoms with Gasteiger partial charge in [0.05, 0.1) is 10.9 Å². The van der Waals surface area contributed by atoms with E-state index in [9.17, 15) is 9.18 Å². The molecule has 0 aliphatic carbocycles. The highest BCUT2D eigenvalue weighted by Gasteiger charge is 2.23. The molecule has 30 heavy (non-hydrogen) atoms. The van der Waals surface area contributed by atoms with E-state index in [1.54, 1.807) is 13.0 Å². The molecule has 0 spiro atoms. The molecule has 152 valence electrons. The van der Waals surface area contributed by atoms with Crippen LogP contribution in [0.1, 0.15) is 46.9 Å². The van der Waals surface area contributed by atoms with Crippen LogP contribution in [-0.4, -0.2) is 10.9 Å². The van der Waals surface area contributed by atoms with E-state index in [0.29, 0.717) is 23.5 Å². The van der Waals surface area contributed by atoms with Crippen molar-refractivity contribution in [3.8, 4) is 11.4 Å². The summed E-state index contributed by atoms with van der Waals surface area (Å²) in [6.45, 7) is 6.27. The molecule has 0 aliphatic heterocycles. The number of ether oxygens (including phenoxy) is 1. The Morgan fingerprint density at radius 1 is 1.03 bits per heavy atom. The predicted molar refractivity (Wildman–Crippen MR) is 118 cm³/mol. The molecule has 4 aromatic rings. The maximum absolute atomic E-state index is 13.9. The molecule has 1 heterocycles. The van der Waals surface area contributed by atoms with E-state index in [-0.39, 0.29) is 11.7 Å². The summed E-state index contributed by atoms with van der Waals surface area (Å²) in [5.41, 5.74) is 4.83. The second-order valence-electron chi connectivity index (χ2n) is 7.76. The number of halogens is 1. The van der Waals surface area contributed by atoms with Crippen molar-refractivity contribution in [2.45, 2.75) is 33.3 Å². The molecule has 4 heteroatoms. The van der Waals surface area contributed by atoms with Gasteiger partial charge in [-0.05, 0) is 54.3 Å². The van der Waals surface area contributed by atoms with Gasteiger partial charge in [-0.15, -0.1) is 0 Å². The molecule has 0 amide bonds. The summed E-state index contributed by atoms with van der Waals surface area (Å²) < 4.78 is 22.1. The van der Waals surface area contributed by atoms with E-state index in [0.717, 1.165) is 34.1 Å². The molecule has 0 N–H and O–H groups in total. The van der Waals surface area contributed by atoms with E-state index >= 15 is 0 Å². The third-order valence-electron chi connectivity index (χ3n) is 5.33. The van der Waals surface area contributed by atoms with Crippen LogP contribution in [0.2, 0.25) is 0 Å². The highest BCUT2D eigenvalue weighted by atomic mass is 19.1. The normalized spacial score (nSPS) is 11.2. The first kappa shape index (κ1) is 19.9. The van der Waals surface area contributed by atoms with E-state index in [2.05, 4.69) is 13.8 Å². The van der Waals surface area contributed by atoms with Gasteiger partial charge in [-0.2, -0.15) is 0 Å². The van der Waals surface area contributed by atoms with Crippen molar-refractivity contribution in [1.82, 2.24) is 4.57 Å². The maximum atomic E-state index is 13.9. The Bertz CT molecular complexity index is 1210. The molecule has 4 rings (SSSR count). The van der Waals surface area contributed by atoms with Crippen LogP contribution in [0, 0.1) is 12.7 Å². The largest absolute Gasteiger partial charge is 0.488 e. The highest BCUT2D eigenvalue weighted by Crippen LogP contribution is 2.38. The van der Waals surface area contributed by atoms with Gasteiger partial charge >= 0.3 is 0 Å². The number of carbonyl (C=O) groups excluding carboxylic acids is 1. The van der Waals surface area contributed by atoms with E-state index in [1.165, 1.54) is 6.07 Å². The zero-order valence-electron chi connectivity index (χ0n) is 17.4. The third-order valence-corrected chi connectivity index (χ3v) is 5.33. The highest BCUT2D eigenvalue weighted by molar-refractivity contribution is 6.04. The van der Waals surface area contributed by atoms with E-state index in [1.807, 2.05) is 59.2 Å². The number of fused-ring (bicyclic) bond motifs is 1. The van der Waals surface area contributed by atoms with Crippen LogP contribution < -0.4 is 4.74 Å². The van der Waals surface area contributed by atoms with Gasteiger partial charge in [0.1, 0.15) is 18.2 Å². The molecule has 0 aliphatic rings.